The van der Waals surface area contributed by atoms with Crippen molar-refractivity contribution in [2.75, 3.05) is 20.1 Å². The van der Waals surface area contributed by atoms with Crippen LogP contribution in [0.1, 0.15) is 23.5 Å². The molecule has 21 heavy (non-hydrogen) atoms. The molecule has 0 spiro atoms. The molecule has 0 aromatic carbocycles. The van der Waals surface area contributed by atoms with Crippen molar-refractivity contribution in [3.05, 3.63) is 11.9 Å². The van der Waals surface area contributed by atoms with Gasteiger partial charge in [0.05, 0.1) is 12.2 Å². The molecular weight excluding hydrogens is 280 g/mol. The summed E-state index contributed by atoms with van der Waals surface area (Å²) in [5.41, 5.74) is -0.133. The molecule has 1 aromatic rings. The summed E-state index contributed by atoms with van der Waals surface area (Å²) in [6, 6.07) is -1.07. The topological polar surface area (TPSA) is 129 Å². The summed E-state index contributed by atoms with van der Waals surface area (Å²) in [4.78, 5) is 35.4. The van der Waals surface area contributed by atoms with E-state index in [4.69, 9.17) is 5.11 Å². The molecule has 0 saturated carbocycles. The number of carboxylic acid groups (broad SMARTS) is 1. The number of likely N-dealkylation sites (tertiary alicyclic amines) is 1. The van der Waals surface area contributed by atoms with E-state index in [-0.39, 0.29) is 23.7 Å². The number of carbonyl (C=O) groups excluding carboxylic acids is 2. The van der Waals surface area contributed by atoms with Crippen LogP contribution in [0.15, 0.2) is 6.20 Å². The second kappa shape index (κ2) is 5.77. The first-order valence-corrected chi connectivity index (χ1v) is 6.34. The summed E-state index contributed by atoms with van der Waals surface area (Å²) in [6.07, 6.45) is 1.33. The lowest BCUT2D eigenvalue weighted by molar-refractivity contribution is -0.122. The quantitative estimate of drug-likeness (QED) is 0.631. The molecule has 114 valence electrons. The number of rotatable bonds is 4. The van der Waals surface area contributed by atoms with Crippen LogP contribution < -0.4 is 10.6 Å². The van der Waals surface area contributed by atoms with Crippen LogP contribution in [0.3, 0.4) is 0 Å². The number of urea groups is 1. The average molecular weight is 296 g/mol. The summed E-state index contributed by atoms with van der Waals surface area (Å²) in [7, 11) is 1.50. The van der Waals surface area contributed by atoms with Crippen LogP contribution in [-0.4, -0.2) is 69.1 Å². The number of amides is 3. The van der Waals surface area contributed by atoms with Gasteiger partial charge in [-0.15, -0.1) is 5.10 Å². The first-order valence-electron chi connectivity index (χ1n) is 6.34. The molecule has 1 aromatic heterocycles. The molecule has 10 heteroatoms. The largest absolute Gasteiger partial charge is 0.476 e. The standard InChI is InChI=1S/C11H16N6O4/c1-6(9(18)12-2)13-11(21)16-3-7(4-16)17-5-8(10(19)20)14-15-17/h5-7H,3-4H2,1-2H3,(H,12,18)(H,13,21)(H,19,20). The number of hydrogen-bond donors (Lipinski definition) is 3. The van der Waals surface area contributed by atoms with E-state index in [9.17, 15) is 14.4 Å². The van der Waals surface area contributed by atoms with Gasteiger partial charge in [0.25, 0.3) is 0 Å². The van der Waals surface area contributed by atoms with Gasteiger partial charge in [-0.25, -0.2) is 14.3 Å². The highest BCUT2D eigenvalue weighted by atomic mass is 16.4. The van der Waals surface area contributed by atoms with Gasteiger partial charge in [-0.1, -0.05) is 5.21 Å². The molecule has 10 nitrogen and oxygen atoms in total. The van der Waals surface area contributed by atoms with Crippen molar-refractivity contribution in [3.8, 4) is 0 Å². The van der Waals surface area contributed by atoms with E-state index < -0.39 is 12.0 Å². The third-order valence-corrected chi connectivity index (χ3v) is 3.23. The number of carbonyl (C=O) groups is 3. The molecule has 2 heterocycles. The molecule has 1 aliphatic rings. The molecule has 2 rings (SSSR count). The van der Waals surface area contributed by atoms with E-state index in [1.165, 1.54) is 22.8 Å². The Morgan fingerprint density at radius 1 is 1.43 bits per heavy atom. The van der Waals surface area contributed by atoms with Crippen LogP contribution >= 0.6 is 0 Å². The summed E-state index contributed by atoms with van der Waals surface area (Å²) in [5, 5.41) is 21.0. The second-order valence-corrected chi connectivity index (χ2v) is 4.73. The molecule has 1 aliphatic heterocycles. The van der Waals surface area contributed by atoms with Gasteiger partial charge in [-0.2, -0.15) is 0 Å². The minimum Gasteiger partial charge on any atom is -0.476 e. The summed E-state index contributed by atoms with van der Waals surface area (Å²) in [6.45, 7) is 2.36. The third-order valence-electron chi connectivity index (χ3n) is 3.23. The number of nitrogens with zero attached hydrogens (tertiary/aromatic N) is 4. The molecule has 0 aliphatic carbocycles. The number of carboxylic acids is 1. The Hall–Kier alpha value is -2.65. The molecule has 0 radical (unpaired) electrons. The van der Waals surface area contributed by atoms with Crippen LogP contribution in [0.5, 0.6) is 0 Å². The van der Waals surface area contributed by atoms with Crippen LogP contribution in [0.4, 0.5) is 4.79 Å². The van der Waals surface area contributed by atoms with Crippen molar-refractivity contribution in [3.63, 3.8) is 0 Å². The SMILES string of the molecule is CNC(=O)C(C)NC(=O)N1CC(n2cc(C(=O)O)nn2)C1. The zero-order valence-corrected chi connectivity index (χ0v) is 11.6. The summed E-state index contributed by atoms with van der Waals surface area (Å²) >= 11 is 0. The van der Waals surface area contributed by atoms with E-state index in [1.54, 1.807) is 6.92 Å². The Balaban J connectivity index is 1.84. The maximum Gasteiger partial charge on any atom is 0.358 e. The van der Waals surface area contributed by atoms with E-state index >= 15 is 0 Å². The van der Waals surface area contributed by atoms with Crippen molar-refractivity contribution in [2.24, 2.45) is 0 Å². The van der Waals surface area contributed by atoms with Crippen LogP contribution in [0.2, 0.25) is 0 Å². The van der Waals surface area contributed by atoms with Crippen molar-refractivity contribution >= 4 is 17.9 Å². The van der Waals surface area contributed by atoms with Crippen molar-refractivity contribution in [1.82, 2.24) is 30.5 Å². The molecule has 0 bridgehead atoms. The number of hydrogen-bond acceptors (Lipinski definition) is 5. The lowest BCUT2D eigenvalue weighted by Crippen LogP contribution is -2.57. The van der Waals surface area contributed by atoms with Gasteiger partial charge in [-0.3, -0.25) is 4.79 Å². The highest BCUT2D eigenvalue weighted by molar-refractivity contribution is 5.86. The number of nitrogens with one attached hydrogen (secondary N) is 2. The van der Waals surface area contributed by atoms with Crippen molar-refractivity contribution < 1.29 is 19.5 Å². The first kappa shape index (κ1) is 14.8. The van der Waals surface area contributed by atoms with Gasteiger partial charge in [0, 0.05) is 20.1 Å². The fourth-order valence-corrected chi connectivity index (χ4v) is 1.90. The lowest BCUT2D eigenvalue weighted by Gasteiger charge is -2.39. The summed E-state index contributed by atoms with van der Waals surface area (Å²) in [5.74, 6) is -1.42. The van der Waals surface area contributed by atoms with Crippen molar-refractivity contribution in [2.45, 2.75) is 19.0 Å². The van der Waals surface area contributed by atoms with Crippen LogP contribution in [0, 0.1) is 0 Å². The molecule has 1 fully saturated rings. The predicted octanol–water partition coefficient (Wildman–Crippen LogP) is -1.32. The van der Waals surface area contributed by atoms with Crippen molar-refractivity contribution in [1.29, 1.82) is 0 Å². The van der Waals surface area contributed by atoms with Gasteiger partial charge >= 0.3 is 12.0 Å². The number of aromatic carboxylic acids is 1. The van der Waals surface area contributed by atoms with Gasteiger partial charge in [0.1, 0.15) is 6.04 Å². The average Bonchev–Trinajstić information content (AvgIpc) is 2.85. The zero-order valence-electron chi connectivity index (χ0n) is 11.6. The number of aromatic nitrogens is 3. The smallest absolute Gasteiger partial charge is 0.358 e. The molecular formula is C11H16N6O4. The van der Waals surface area contributed by atoms with Gasteiger partial charge < -0.3 is 20.6 Å². The molecule has 3 amide bonds. The Bertz CT molecular complexity index is 565. The fourth-order valence-electron chi connectivity index (χ4n) is 1.90. The third kappa shape index (κ3) is 3.09. The maximum atomic E-state index is 11.8. The van der Waals surface area contributed by atoms with E-state index in [1.807, 2.05) is 0 Å². The highest BCUT2D eigenvalue weighted by Gasteiger charge is 2.34. The minimum atomic E-state index is -1.14. The van der Waals surface area contributed by atoms with Gasteiger partial charge in [0.15, 0.2) is 5.69 Å². The van der Waals surface area contributed by atoms with Crippen LogP contribution in [0.25, 0.3) is 0 Å². The molecule has 1 saturated heterocycles. The number of likely N-dealkylation sites (N-methyl/N-ethyl adjacent to an activating group) is 1. The van der Waals surface area contributed by atoms with Crippen LogP contribution in [-0.2, 0) is 4.79 Å². The monoisotopic (exact) mass is 296 g/mol. The Morgan fingerprint density at radius 3 is 2.62 bits per heavy atom. The second-order valence-electron chi connectivity index (χ2n) is 4.73. The van der Waals surface area contributed by atoms with E-state index in [2.05, 4.69) is 20.9 Å². The fraction of sp³-hybridized carbons (Fsp3) is 0.545. The molecule has 3 N–H and O–H groups in total. The van der Waals surface area contributed by atoms with E-state index in [0.717, 1.165) is 0 Å². The van der Waals surface area contributed by atoms with Gasteiger partial charge in [-0.05, 0) is 6.92 Å². The normalized spacial score (nSPS) is 16.0. The van der Waals surface area contributed by atoms with E-state index in [0.29, 0.717) is 13.1 Å². The summed E-state index contributed by atoms with van der Waals surface area (Å²) < 4.78 is 1.43. The first-order chi connectivity index (χ1) is 9.92. The highest BCUT2D eigenvalue weighted by Crippen LogP contribution is 2.20. The predicted molar refractivity (Wildman–Crippen MR) is 69.7 cm³/mol. The zero-order chi connectivity index (χ0) is 15.6. The maximum absolute atomic E-state index is 11.8. The Morgan fingerprint density at radius 2 is 2.10 bits per heavy atom. The Kier molecular flexibility index (Phi) is 4.05. The molecule has 1 unspecified atom stereocenters. The van der Waals surface area contributed by atoms with Gasteiger partial charge in [0.2, 0.25) is 5.91 Å². The Labute approximate surface area is 120 Å². The minimum absolute atomic E-state index is 0.105. The molecule has 1 atom stereocenters. The lowest BCUT2D eigenvalue weighted by atomic mass is 10.1.